The van der Waals surface area contributed by atoms with Crippen LogP contribution in [-0.4, -0.2) is 41.7 Å². The molecule has 32 heavy (non-hydrogen) atoms. The molecule has 1 unspecified atom stereocenters. The van der Waals surface area contributed by atoms with E-state index in [0.29, 0.717) is 37.1 Å². The van der Waals surface area contributed by atoms with Crippen LogP contribution >= 0.6 is 0 Å². The number of anilines is 1. The molecule has 1 saturated heterocycles. The van der Waals surface area contributed by atoms with Crippen LogP contribution in [0.15, 0.2) is 42.5 Å². The zero-order valence-corrected chi connectivity index (χ0v) is 18.8. The molecule has 1 aliphatic carbocycles. The van der Waals surface area contributed by atoms with E-state index in [1.165, 1.54) is 0 Å². The Morgan fingerprint density at radius 1 is 1.12 bits per heavy atom. The van der Waals surface area contributed by atoms with Crippen molar-refractivity contribution in [2.75, 3.05) is 24.6 Å². The minimum atomic E-state index is -0.704. The maximum absolute atomic E-state index is 13.0. The summed E-state index contributed by atoms with van der Waals surface area (Å²) in [6.07, 6.45) is 0.863. The lowest BCUT2D eigenvalue weighted by atomic mass is 10.1. The molecule has 1 aliphatic heterocycles. The fraction of sp³-hybridized carbons (Fsp3) is 0.480. The molecule has 1 saturated carbocycles. The number of hydrogen-bond acceptors (Lipinski definition) is 5. The van der Waals surface area contributed by atoms with Gasteiger partial charge in [-0.25, -0.2) is 0 Å². The van der Waals surface area contributed by atoms with Gasteiger partial charge >= 0.3 is 5.97 Å². The molecule has 4 atom stereocenters. The van der Waals surface area contributed by atoms with Gasteiger partial charge in [0.05, 0.1) is 18.6 Å². The van der Waals surface area contributed by atoms with E-state index in [0.717, 1.165) is 17.8 Å². The summed E-state index contributed by atoms with van der Waals surface area (Å²) in [4.78, 5) is 31.1. The van der Waals surface area contributed by atoms with Crippen LogP contribution in [0.5, 0.6) is 5.88 Å². The topological polar surface area (TPSA) is 91.8 Å². The van der Waals surface area contributed by atoms with Crippen LogP contribution in [0.3, 0.4) is 0 Å². The highest BCUT2D eigenvalue weighted by Crippen LogP contribution is 2.52. The fourth-order valence-corrected chi connectivity index (χ4v) is 4.46. The largest absolute Gasteiger partial charge is 0.481 e. The lowest BCUT2D eigenvalue weighted by Crippen LogP contribution is -2.29. The second kappa shape index (κ2) is 9.18. The molecule has 1 aromatic carbocycles. The quantitative estimate of drug-likeness (QED) is 0.621. The van der Waals surface area contributed by atoms with Crippen molar-refractivity contribution in [1.29, 1.82) is 0 Å². The number of rotatable bonds is 9. The van der Waals surface area contributed by atoms with Crippen LogP contribution in [-0.2, 0) is 4.79 Å². The van der Waals surface area contributed by atoms with E-state index < -0.39 is 5.97 Å². The Balaban J connectivity index is 1.49. The maximum atomic E-state index is 13.0. The predicted molar refractivity (Wildman–Crippen MR) is 122 cm³/mol. The third-order valence-corrected chi connectivity index (χ3v) is 6.47. The number of piperidine rings is 1. The van der Waals surface area contributed by atoms with Gasteiger partial charge in [-0.2, -0.15) is 4.98 Å². The molecular formula is C25H31N3O4. The first-order valence-electron chi connectivity index (χ1n) is 11.3. The maximum Gasteiger partial charge on any atom is 0.307 e. The second-order valence-corrected chi connectivity index (χ2v) is 9.26. The number of aliphatic carboxylic acids is 1. The number of nitrogens with one attached hydrogen (secondary N) is 1. The van der Waals surface area contributed by atoms with Crippen molar-refractivity contribution in [2.45, 2.75) is 33.2 Å². The number of ether oxygens (including phenoxy) is 1. The first kappa shape index (κ1) is 22.1. The number of aromatic nitrogens is 1. The van der Waals surface area contributed by atoms with Crippen molar-refractivity contribution in [1.82, 2.24) is 10.3 Å². The molecule has 4 rings (SSSR count). The summed E-state index contributed by atoms with van der Waals surface area (Å²) in [5, 5.41) is 12.3. The van der Waals surface area contributed by atoms with Gasteiger partial charge in [0, 0.05) is 13.1 Å². The van der Waals surface area contributed by atoms with Crippen molar-refractivity contribution < 1.29 is 19.4 Å². The summed E-state index contributed by atoms with van der Waals surface area (Å²) in [5.74, 6) is 0.762. The number of carboxylic acids is 1. The van der Waals surface area contributed by atoms with Gasteiger partial charge < -0.3 is 20.1 Å². The molecular weight excluding hydrogens is 406 g/mol. The molecule has 170 valence electrons. The lowest BCUT2D eigenvalue weighted by molar-refractivity contribution is -0.139. The van der Waals surface area contributed by atoms with E-state index in [-0.39, 0.29) is 29.7 Å². The van der Waals surface area contributed by atoms with E-state index in [9.17, 15) is 14.7 Å². The second-order valence-electron chi connectivity index (χ2n) is 9.26. The van der Waals surface area contributed by atoms with Crippen LogP contribution in [0.1, 0.15) is 49.2 Å². The molecule has 2 fully saturated rings. The summed E-state index contributed by atoms with van der Waals surface area (Å²) >= 11 is 0. The van der Waals surface area contributed by atoms with Gasteiger partial charge in [0.25, 0.3) is 5.91 Å². The number of carbonyl (C=O) groups is 2. The van der Waals surface area contributed by atoms with E-state index in [4.69, 9.17) is 4.74 Å². The van der Waals surface area contributed by atoms with Crippen molar-refractivity contribution in [3.8, 4) is 5.88 Å². The number of carbonyl (C=O) groups excluding carboxylic acids is 1. The average molecular weight is 438 g/mol. The summed E-state index contributed by atoms with van der Waals surface area (Å²) < 4.78 is 5.96. The minimum Gasteiger partial charge on any atom is -0.481 e. The van der Waals surface area contributed by atoms with Crippen molar-refractivity contribution in [3.63, 3.8) is 0 Å². The Bertz CT molecular complexity index is 966. The first-order chi connectivity index (χ1) is 15.3. The van der Waals surface area contributed by atoms with Crippen LogP contribution in [0, 0.1) is 23.7 Å². The molecule has 2 aromatic rings. The van der Waals surface area contributed by atoms with Gasteiger partial charge in [0.1, 0.15) is 11.4 Å². The molecule has 0 bridgehead atoms. The van der Waals surface area contributed by atoms with Gasteiger partial charge in [0.2, 0.25) is 5.88 Å². The van der Waals surface area contributed by atoms with E-state index in [2.05, 4.69) is 29.0 Å². The van der Waals surface area contributed by atoms with Crippen LogP contribution < -0.4 is 15.0 Å². The Labute approximate surface area is 188 Å². The SMILES string of the molecule is CC(C)CCOc1nc(N2C[C@@H]3C(C(=O)O)[C@@H]3C2)ccc1C(=O)N[C@@H](C)c1ccccc1. The third-order valence-electron chi connectivity index (χ3n) is 6.47. The predicted octanol–water partition coefficient (Wildman–Crippen LogP) is 3.76. The van der Waals surface area contributed by atoms with Crippen LogP contribution in [0.4, 0.5) is 5.82 Å². The number of hydrogen-bond donors (Lipinski definition) is 2. The first-order valence-corrected chi connectivity index (χ1v) is 11.3. The standard InChI is InChI=1S/C25H31N3O4/c1-15(2)11-12-32-24-18(23(29)26-16(3)17-7-5-4-6-8-17)9-10-21(27-24)28-13-19-20(14-28)22(19)25(30)31/h4-10,15-16,19-20,22H,11-14H2,1-3H3,(H,26,29)(H,30,31)/t16-,19-,20+,22?/m0/s1. The zero-order valence-electron chi connectivity index (χ0n) is 18.8. The number of nitrogens with zero attached hydrogens (tertiary/aromatic N) is 2. The molecule has 2 aliphatic rings. The highest BCUT2D eigenvalue weighted by molar-refractivity contribution is 5.96. The van der Waals surface area contributed by atoms with Gasteiger partial charge in [-0.3, -0.25) is 9.59 Å². The molecule has 1 amide bonds. The smallest absolute Gasteiger partial charge is 0.307 e. The van der Waals surface area contributed by atoms with Gasteiger partial charge in [-0.15, -0.1) is 0 Å². The lowest BCUT2D eigenvalue weighted by Gasteiger charge is -2.22. The molecule has 1 aromatic heterocycles. The number of carboxylic acid groups (broad SMARTS) is 1. The highest BCUT2D eigenvalue weighted by atomic mass is 16.5. The van der Waals surface area contributed by atoms with Crippen LogP contribution in [0.2, 0.25) is 0 Å². The van der Waals surface area contributed by atoms with Gasteiger partial charge in [-0.1, -0.05) is 44.2 Å². The van der Waals surface area contributed by atoms with E-state index in [1.54, 1.807) is 6.07 Å². The summed E-state index contributed by atoms with van der Waals surface area (Å²) in [6.45, 7) is 8.03. The van der Waals surface area contributed by atoms with Gasteiger partial charge in [-0.05, 0) is 48.8 Å². The summed E-state index contributed by atoms with van der Waals surface area (Å²) in [5.41, 5.74) is 1.44. The molecule has 7 nitrogen and oxygen atoms in total. The molecule has 7 heteroatoms. The number of pyridine rings is 1. The monoisotopic (exact) mass is 437 g/mol. The Hall–Kier alpha value is -3.09. The number of amides is 1. The summed E-state index contributed by atoms with van der Waals surface area (Å²) in [6, 6.07) is 13.3. The van der Waals surface area contributed by atoms with Crippen LogP contribution in [0.25, 0.3) is 0 Å². The Kier molecular flexibility index (Phi) is 6.35. The van der Waals surface area contributed by atoms with E-state index >= 15 is 0 Å². The molecule has 0 spiro atoms. The molecule has 2 heterocycles. The van der Waals surface area contributed by atoms with Crippen molar-refractivity contribution >= 4 is 17.7 Å². The minimum absolute atomic E-state index is 0.148. The number of fused-ring (bicyclic) bond motifs is 1. The fourth-order valence-electron chi connectivity index (χ4n) is 4.46. The normalized spacial score (nSPS) is 22.4. The zero-order chi connectivity index (χ0) is 22.8. The Morgan fingerprint density at radius 3 is 2.44 bits per heavy atom. The molecule has 0 radical (unpaired) electrons. The van der Waals surface area contributed by atoms with Gasteiger partial charge in [0.15, 0.2) is 0 Å². The van der Waals surface area contributed by atoms with Crippen molar-refractivity contribution in [2.24, 2.45) is 23.7 Å². The third kappa shape index (κ3) is 4.71. The average Bonchev–Trinajstić information content (AvgIpc) is 3.28. The summed E-state index contributed by atoms with van der Waals surface area (Å²) in [7, 11) is 0. The number of benzene rings is 1. The molecule has 2 N–H and O–H groups in total. The van der Waals surface area contributed by atoms with E-state index in [1.807, 2.05) is 43.3 Å². The Morgan fingerprint density at radius 2 is 1.81 bits per heavy atom. The van der Waals surface area contributed by atoms with Crippen molar-refractivity contribution in [3.05, 3.63) is 53.6 Å². The highest BCUT2D eigenvalue weighted by Gasteiger charge is 2.60.